The third-order valence-corrected chi connectivity index (χ3v) is 2.02. The summed E-state index contributed by atoms with van der Waals surface area (Å²) in [5.74, 6) is 1.14. The van der Waals surface area contributed by atoms with E-state index in [0.717, 1.165) is 0 Å². The summed E-state index contributed by atoms with van der Waals surface area (Å²) in [5.41, 5.74) is 0. The molecule has 0 aliphatic heterocycles. The summed E-state index contributed by atoms with van der Waals surface area (Å²) in [5, 5.41) is 16.8. The van der Waals surface area contributed by atoms with Gasteiger partial charge >= 0.3 is 0 Å². The molecule has 62 valence electrons. The quantitative estimate of drug-likeness (QED) is 0.688. The predicted molar refractivity (Wildman–Crippen MR) is 41.4 cm³/mol. The fourth-order valence-electron chi connectivity index (χ4n) is 0.529. The zero-order valence-electron chi connectivity index (χ0n) is 6.44. The molecule has 0 unspecified atom stereocenters. The van der Waals surface area contributed by atoms with Gasteiger partial charge in [-0.3, -0.25) is 0 Å². The van der Waals surface area contributed by atoms with E-state index in [1.807, 2.05) is 0 Å². The van der Waals surface area contributed by atoms with E-state index >= 15 is 0 Å². The van der Waals surface area contributed by atoms with Crippen molar-refractivity contribution in [1.82, 2.24) is 10.2 Å². The van der Waals surface area contributed by atoms with E-state index in [4.69, 9.17) is 9.52 Å². The third kappa shape index (κ3) is 2.90. The van der Waals surface area contributed by atoms with E-state index in [1.165, 1.54) is 11.8 Å². The number of thioether (sulfide) groups is 1. The molecular weight excluding hydrogens is 164 g/mol. The van der Waals surface area contributed by atoms with Crippen molar-refractivity contribution >= 4 is 11.8 Å². The third-order valence-electron chi connectivity index (χ3n) is 0.956. The highest BCUT2D eigenvalue weighted by Crippen LogP contribution is 2.15. The van der Waals surface area contributed by atoms with Crippen molar-refractivity contribution in [1.29, 1.82) is 0 Å². The fourth-order valence-corrected chi connectivity index (χ4v) is 1.19. The number of aliphatic hydroxyl groups excluding tert-OH is 1. The van der Waals surface area contributed by atoms with E-state index in [9.17, 15) is 0 Å². The maximum atomic E-state index is 8.91. The predicted octanol–water partition coefficient (Wildman–Crippen LogP) is 0.851. The first-order valence-corrected chi connectivity index (χ1v) is 4.28. The Kier molecular flexibility index (Phi) is 2.90. The van der Waals surface area contributed by atoms with Gasteiger partial charge in [0.2, 0.25) is 5.89 Å². The van der Waals surface area contributed by atoms with Gasteiger partial charge in [0, 0.05) is 12.7 Å². The van der Waals surface area contributed by atoms with Crippen LogP contribution in [0.4, 0.5) is 0 Å². The Labute approximate surface area is 69.0 Å². The second-order valence-corrected chi connectivity index (χ2v) is 3.22. The van der Waals surface area contributed by atoms with Crippen LogP contribution in [-0.2, 0) is 0 Å². The van der Waals surface area contributed by atoms with Gasteiger partial charge in [0.05, 0.1) is 6.10 Å². The molecule has 0 saturated heterocycles. The van der Waals surface area contributed by atoms with Gasteiger partial charge in [0.25, 0.3) is 5.22 Å². The largest absolute Gasteiger partial charge is 0.416 e. The van der Waals surface area contributed by atoms with Crippen LogP contribution < -0.4 is 0 Å². The van der Waals surface area contributed by atoms with E-state index in [0.29, 0.717) is 16.9 Å². The zero-order valence-corrected chi connectivity index (χ0v) is 7.26. The number of rotatable bonds is 3. The summed E-state index contributed by atoms with van der Waals surface area (Å²) >= 11 is 1.36. The highest BCUT2D eigenvalue weighted by atomic mass is 32.2. The SMILES string of the molecule is Cc1nnc(SC[C@H](C)O)o1. The number of aryl methyl sites for hydroxylation is 1. The lowest BCUT2D eigenvalue weighted by Gasteiger charge is -1.97. The first-order valence-electron chi connectivity index (χ1n) is 3.29. The Morgan fingerprint density at radius 3 is 2.82 bits per heavy atom. The molecule has 0 aliphatic carbocycles. The van der Waals surface area contributed by atoms with E-state index in [2.05, 4.69) is 10.2 Å². The van der Waals surface area contributed by atoms with Gasteiger partial charge in [-0.2, -0.15) is 0 Å². The molecule has 0 fully saturated rings. The molecule has 0 aliphatic rings. The lowest BCUT2D eigenvalue weighted by atomic mass is 10.5. The van der Waals surface area contributed by atoms with Crippen molar-refractivity contribution in [2.45, 2.75) is 25.2 Å². The maximum absolute atomic E-state index is 8.91. The van der Waals surface area contributed by atoms with Gasteiger partial charge in [-0.15, -0.1) is 10.2 Å². The number of nitrogens with zero attached hydrogens (tertiary/aromatic N) is 2. The summed E-state index contributed by atoms with van der Waals surface area (Å²) in [4.78, 5) is 0. The van der Waals surface area contributed by atoms with Gasteiger partial charge in [-0.1, -0.05) is 11.8 Å². The van der Waals surface area contributed by atoms with Crippen LogP contribution in [0.1, 0.15) is 12.8 Å². The minimum absolute atomic E-state index is 0.341. The van der Waals surface area contributed by atoms with Crippen LogP contribution in [0.15, 0.2) is 9.64 Å². The molecule has 0 saturated carbocycles. The topological polar surface area (TPSA) is 59.2 Å². The van der Waals surface area contributed by atoms with Gasteiger partial charge in [0.1, 0.15) is 0 Å². The molecule has 0 spiro atoms. The lowest BCUT2D eigenvalue weighted by Crippen LogP contribution is -2.02. The Bertz CT molecular complexity index is 224. The normalized spacial score (nSPS) is 13.4. The molecular formula is C6H10N2O2S. The summed E-state index contributed by atoms with van der Waals surface area (Å²) < 4.78 is 5.06. The summed E-state index contributed by atoms with van der Waals surface area (Å²) in [7, 11) is 0. The summed E-state index contributed by atoms with van der Waals surface area (Å²) in [6, 6.07) is 0. The van der Waals surface area contributed by atoms with Crippen LogP contribution in [0, 0.1) is 6.92 Å². The van der Waals surface area contributed by atoms with E-state index in [1.54, 1.807) is 13.8 Å². The Morgan fingerprint density at radius 2 is 2.36 bits per heavy atom. The number of hydrogen-bond acceptors (Lipinski definition) is 5. The summed E-state index contributed by atoms with van der Waals surface area (Å²) in [6.07, 6.45) is -0.341. The lowest BCUT2D eigenvalue weighted by molar-refractivity contribution is 0.220. The van der Waals surface area contributed by atoms with Crippen molar-refractivity contribution in [3.8, 4) is 0 Å². The van der Waals surface area contributed by atoms with Crippen molar-refractivity contribution < 1.29 is 9.52 Å². The minimum atomic E-state index is -0.341. The number of aliphatic hydroxyl groups is 1. The zero-order chi connectivity index (χ0) is 8.27. The van der Waals surface area contributed by atoms with Crippen molar-refractivity contribution in [2.75, 3.05) is 5.75 Å². The van der Waals surface area contributed by atoms with Crippen LogP contribution in [0.2, 0.25) is 0 Å². The Balaban J connectivity index is 2.39. The molecule has 1 heterocycles. The van der Waals surface area contributed by atoms with Crippen molar-refractivity contribution in [3.63, 3.8) is 0 Å². The molecule has 0 radical (unpaired) electrons. The van der Waals surface area contributed by atoms with Crippen LogP contribution >= 0.6 is 11.8 Å². The van der Waals surface area contributed by atoms with E-state index < -0.39 is 0 Å². The van der Waals surface area contributed by atoms with Gasteiger partial charge in [0.15, 0.2) is 0 Å². The van der Waals surface area contributed by atoms with Crippen molar-refractivity contribution in [2.24, 2.45) is 0 Å². The second-order valence-electron chi connectivity index (χ2n) is 2.25. The molecule has 11 heavy (non-hydrogen) atoms. The molecule has 1 aromatic rings. The Hall–Kier alpha value is -0.550. The highest BCUT2D eigenvalue weighted by Gasteiger charge is 2.04. The highest BCUT2D eigenvalue weighted by molar-refractivity contribution is 7.99. The number of hydrogen-bond donors (Lipinski definition) is 1. The van der Waals surface area contributed by atoms with Gasteiger partial charge < -0.3 is 9.52 Å². The van der Waals surface area contributed by atoms with Crippen LogP contribution in [0.3, 0.4) is 0 Å². The fraction of sp³-hybridized carbons (Fsp3) is 0.667. The average molecular weight is 174 g/mol. The standard InChI is InChI=1S/C6H10N2O2S/c1-4(9)3-11-6-8-7-5(2)10-6/h4,9H,3H2,1-2H3/t4-/m0/s1. The van der Waals surface area contributed by atoms with Gasteiger partial charge in [-0.25, -0.2) is 0 Å². The molecule has 1 atom stereocenters. The first kappa shape index (κ1) is 8.55. The first-order chi connectivity index (χ1) is 5.18. The molecule has 4 nitrogen and oxygen atoms in total. The molecule has 1 rings (SSSR count). The van der Waals surface area contributed by atoms with Crippen LogP contribution in [0.5, 0.6) is 0 Å². The Morgan fingerprint density at radius 1 is 1.64 bits per heavy atom. The molecule has 1 aromatic heterocycles. The molecule has 1 N–H and O–H groups in total. The summed E-state index contributed by atoms with van der Waals surface area (Å²) in [6.45, 7) is 3.45. The monoisotopic (exact) mass is 174 g/mol. The molecule has 0 aromatic carbocycles. The smallest absolute Gasteiger partial charge is 0.276 e. The molecule has 5 heteroatoms. The van der Waals surface area contributed by atoms with Crippen LogP contribution in [0.25, 0.3) is 0 Å². The van der Waals surface area contributed by atoms with E-state index in [-0.39, 0.29) is 6.10 Å². The molecule has 0 amide bonds. The van der Waals surface area contributed by atoms with Gasteiger partial charge in [-0.05, 0) is 6.92 Å². The van der Waals surface area contributed by atoms with Crippen LogP contribution in [-0.4, -0.2) is 27.2 Å². The number of aromatic nitrogens is 2. The minimum Gasteiger partial charge on any atom is -0.416 e. The maximum Gasteiger partial charge on any atom is 0.276 e. The molecule has 0 bridgehead atoms. The average Bonchev–Trinajstić information content (AvgIpc) is 2.31. The van der Waals surface area contributed by atoms with Crippen molar-refractivity contribution in [3.05, 3.63) is 5.89 Å². The second kappa shape index (κ2) is 3.73.